The van der Waals surface area contributed by atoms with Gasteiger partial charge in [-0.1, -0.05) is 182 Å². The number of aromatic nitrogens is 4. The number of fused-ring (bicyclic) bond motifs is 24. The van der Waals surface area contributed by atoms with Gasteiger partial charge in [0.25, 0.3) is 0 Å². The summed E-state index contributed by atoms with van der Waals surface area (Å²) in [7, 11) is 0. The molecule has 4 aliphatic rings. The number of benzene rings is 10. The van der Waals surface area contributed by atoms with Crippen LogP contribution in [-0.2, 0) is 0 Å². The van der Waals surface area contributed by atoms with Crippen molar-refractivity contribution in [3.8, 4) is 11.4 Å². The highest BCUT2D eigenvalue weighted by Gasteiger charge is 2.43. The van der Waals surface area contributed by atoms with Crippen LogP contribution in [0.2, 0.25) is 0 Å². The molecule has 0 N–H and O–H groups in total. The number of rotatable bonds is 4. The molecule has 0 saturated heterocycles. The van der Waals surface area contributed by atoms with E-state index in [9.17, 15) is 0 Å². The molecule has 2 unspecified atom stereocenters. The lowest BCUT2D eigenvalue weighted by Gasteiger charge is -2.42. The zero-order chi connectivity index (χ0) is 53.1. The minimum atomic E-state index is 0.0439. The van der Waals surface area contributed by atoms with Crippen molar-refractivity contribution >= 4 is 142 Å². The van der Waals surface area contributed by atoms with Crippen LogP contribution in [0.5, 0.6) is 0 Å². The van der Waals surface area contributed by atoms with Gasteiger partial charge in [0, 0.05) is 66.3 Å². The van der Waals surface area contributed by atoms with Gasteiger partial charge in [0.2, 0.25) is 0 Å². The maximum Gasteiger partial charge on any atom is 0.147 e. The predicted molar refractivity (Wildman–Crippen MR) is 339 cm³/mol. The van der Waals surface area contributed by atoms with Gasteiger partial charge in [0.1, 0.15) is 22.3 Å². The molecule has 0 bridgehead atoms. The normalized spacial score (nSPS) is 16.9. The SMILES string of the molecule is C1=CC2=C(n3c4ccccc4c4c3c3c5ccccc5oc3c3c5ccccc5n(-c5ccccc5)c34)C=CC3=CC=C4C(n5c6ccccc6c6c5c5c7ccccc7oc5c5c7ccccc7n(-c7ccccc7)c56)=CC=C1C4C32. The fourth-order valence-electron chi connectivity index (χ4n) is 15.6. The lowest BCUT2D eigenvalue weighted by Crippen LogP contribution is -2.31. The Balaban J connectivity index is 0.871. The number of hydrogen-bond donors (Lipinski definition) is 0. The van der Waals surface area contributed by atoms with Gasteiger partial charge in [-0.15, -0.1) is 0 Å². The van der Waals surface area contributed by atoms with Gasteiger partial charge < -0.3 is 27.1 Å². The van der Waals surface area contributed by atoms with E-state index in [0.29, 0.717) is 0 Å². The first-order valence-electron chi connectivity index (χ1n) is 28.4. The Kier molecular flexibility index (Phi) is 8.15. The summed E-state index contributed by atoms with van der Waals surface area (Å²) >= 11 is 0. The summed E-state index contributed by atoms with van der Waals surface area (Å²) in [6.45, 7) is 0. The molecular weight excluding hydrogens is 1000 g/mol. The monoisotopic (exact) mass is 1040 g/mol. The quantitative estimate of drug-likeness (QED) is 0.176. The zero-order valence-corrected chi connectivity index (χ0v) is 44.0. The molecule has 6 aromatic heterocycles. The Morgan fingerprint density at radius 2 is 0.683 bits per heavy atom. The zero-order valence-electron chi connectivity index (χ0n) is 44.0. The smallest absolute Gasteiger partial charge is 0.147 e. The summed E-state index contributed by atoms with van der Waals surface area (Å²) in [6, 6.07) is 74.7. The molecule has 82 heavy (non-hydrogen) atoms. The second-order valence-corrected chi connectivity index (χ2v) is 22.6. The van der Waals surface area contributed by atoms with Crippen molar-refractivity contribution in [1.29, 1.82) is 0 Å². The average molecular weight is 1050 g/mol. The van der Waals surface area contributed by atoms with Gasteiger partial charge in [-0.25, -0.2) is 0 Å². The molecule has 6 nitrogen and oxygen atoms in total. The Morgan fingerprint density at radius 1 is 0.293 bits per heavy atom. The number of para-hydroxylation sites is 8. The van der Waals surface area contributed by atoms with Gasteiger partial charge in [-0.2, -0.15) is 0 Å². The first kappa shape index (κ1) is 43.1. The van der Waals surface area contributed by atoms with Crippen LogP contribution in [0.4, 0.5) is 0 Å². The third-order valence-corrected chi connectivity index (χ3v) is 18.7. The maximum absolute atomic E-state index is 7.19. The molecule has 6 heteroatoms. The Hall–Kier alpha value is -10.8. The first-order valence-corrected chi connectivity index (χ1v) is 28.4. The molecule has 380 valence electrons. The van der Waals surface area contributed by atoms with Crippen LogP contribution in [-0.4, -0.2) is 18.3 Å². The molecule has 0 saturated carbocycles. The van der Waals surface area contributed by atoms with E-state index in [1.165, 1.54) is 66.0 Å². The predicted octanol–water partition coefficient (Wildman–Crippen LogP) is 19.8. The van der Waals surface area contributed by atoms with E-state index in [1.807, 2.05) is 0 Å². The van der Waals surface area contributed by atoms with E-state index in [2.05, 4.69) is 273 Å². The molecule has 4 aliphatic carbocycles. The third kappa shape index (κ3) is 5.26. The Bertz CT molecular complexity index is 5870. The van der Waals surface area contributed by atoms with Crippen LogP contribution >= 0.6 is 0 Å². The van der Waals surface area contributed by atoms with Crippen LogP contribution in [0.25, 0.3) is 154 Å². The van der Waals surface area contributed by atoms with Crippen molar-refractivity contribution in [3.05, 3.63) is 277 Å². The van der Waals surface area contributed by atoms with E-state index >= 15 is 0 Å². The summed E-state index contributed by atoms with van der Waals surface area (Å²) in [4.78, 5) is 0. The minimum Gasteiger partial charge on any atom is -0.455 e. The van der Waals surface area contributed by atoms with Crippen molar-refractivity contribution in [2.45, 2.75) is 0 Å². The standard InChI is InChI=1S/C76H44N4O2/c1-3-19-45(20-4-1)77-55-29-13-9-25-49(55)67-71(77)65-47-23-7-15-31-57(47)79(73(65)69-53-27-11-17-33-61(53)81-75(67)69)59-41-37-43-36-40-52-60(42-38-44-35-39-51(59)63(43)64(44)52)80-58-32-16-8-24-48(58)66-72-68(76-70(74(66)80)54-28-12-18-34-62(54)82-76)50-26-10-14-30-56(50)78(72)46-21-5-2-6-22-46/h1-42,63-64H. The average Bonchev–Trinajstić information content (AvgIpc) is 1.86. The topological polar surface area (TPSA) is 46.0 Å². The minimum absolute atomic E-state index is 0.0439. The van der Waals surface area contributed by atoms with E-state index in [-0.39, 0.29) is 11.8 Å². The third-order valence-electron chi connectivity index (χ3n) is 18.7. The molecule has 6 heterocycles. The van der Waals surface area contributed by atoms with Crippen molar-refractivity contribution in [3.63, 3.8) is 0 Å². The fourth-order valence-corrected chi connectivity index (χ4v) is 15.6. The van der Waals surface area contributed by atoms with Crippen LogP contribution in [0.1, 0.15) is 0 Å². The fraction of sp³-hybridized carbons (Fsp3) is 0.0263. The van der Waals surface area contributed by atoms with Crippen LogP contribution in [0.3, 0.4) is 0 Å². The van der Waals surface area contributed by atoms with E-state index < -0.39 is 0 Å². The molecule has 10 aromatic carbocycles. The number of nitrogens with zero attached hydrogens (tertiary/aromatic N) is 4. The van der Waals surface area contributed by atoms with E-state index in [4.69, 9.17) is 8.83 Å². The summed E-state index contributed by atoms with van der Waals surface area (Å²) < 4.78 is 24.5. The highest BCUT2D eigenvalue weighted by atomic mass is 16.3. The van der Waals surface area contributed by atoms with Crippen LogP contribution in [0.15, 0.2) is 286 Å². The van der Waals surface area contributed by atoms with E-state index in [0.717, 1.165) is 110 Å². The summed E-state index contributed by atoms with van der Waals surface area (Å²) in [5.74, 6) is 0.0878. The molecule has 0 spiro atoms. The first-order chi connectivity index (χ1) is 40.8. The molecule has 0 fully saturated rings. The summed E-state index contributed by atoms with van der Waals surface area (Å²) in [5.41, 5.74) is 22.6. The second kappa shape index (κ2) is 15.5. The summed E-state index contributed by atoms with van der Waals surface area (Å²) in [5, 5.41) is 13.9. The molecule has 20 rings (SSSR count). The van der Waals surface area contributed by atoms with Gasteiger partial charge >= 0.3 is 0 Å². The molecule has 0 amide bonds. The maximum atomic E-state index is 7.19. The van der Waals surface area contributed by atoms with E-state index in [1.54, 1.807) is 0 Å². The van der Waals surface area contributed by atoms with Gasteiger partial charge in [0.15, 0.2) is 0 Å². The van der Waals surface area contributed by atoms with Crippen LogP contribution < -0.4 is 0 Å². The highest BCUT2D eigenvalue weighted by molar-refractivity contribution is 6.41. The van der Waals surface area contributed by atoms with Crippen molar-refractivity contribution in [2.24, 2.45) is 11.8 Å². The molecular formula is C76H44N4O2. The van der Waals surface area contributed by atoms with Gasteiger partial charge in [-0.3, -0.25) is 0 Å². The molecule has 0 aliphatic heterocycles. The van der Waals surface area contributed by atoms with Gasteiger partial charge in [0.05, 0.1) is 77.1 Å². The Labute approximate surface area is 467 Å². The molecule has 16 aromatic rings. The van der Waals surface area contributed by atoms with Crippen molar-refractivity contribution < 1.29 is 8.83 Å². The number of hydrogen-bond acceptors (Lipinski definition) is 2. The van der Waals surface area contributed by atoms with Gasteiger partial charge in [-0.05, 0) is 95.1 Å². The van der Waals surface area contributed by atoms with Crippen LogP contribution in [0, 0.1) is 11.8 Å². The van der Waals surface area contributed by atoms with Crippen molar-refractivity contribution in [1.82, 2.24) is 18.3 Å². The second-order valence-electron chi connectivity index (χ2n) is 22.6. The number of allylic oxidation sites excluding steroid dienone is 14. The summed E-state index contributed by atoms with van der Waals surface area (Å²) in [6.07, 6.45) is 19.2. The Morgan fingerprint density at radius 3 is 1.23 bits per heavy atom. The largest absolute Gasteiger partial charge is 0.455 e. The van der Waals surface area contributed by atoms with Crippen molar-refractivity contribution in [2.75, 3.05) is 0 Å². The number of furan rings is 2. The molecule has 0 radical (unpaired) electrons. The lowest BCUT2D eigenvalue weighted by atomic mass is 9.63. The lowest BCUT2D eigenvalue weighted by molar-refractivity contribution is 0.564. The molecule has 2 atom stereocenters. The highest BCUT2D eigenvalue weighted by Crippen LogP contribution is 2.57.